The van der Waals surface area contributed by atoms with Crippen LogP contribution in [0.1, 0.15) is 23.2 Å². The average Bonchev–Trinajstić information content (AvgIpc) is 2.92. The van der Waals surface area contributed by atoms with Crippen molar-refractivity contribution < 1.29 is 13.2 Å². The number of hydrogen-bond donors (Lipinski definition) is 0. The number of aromatic nitrogens is 2. The van der Waals surface area contributed by atoms with Crippen molar-refractivity contribution in [1.82, 2.24) is 19.2 Å². The predicted molar refractivity (Wildman–Crippen MR) is 110 cm³/mol. The Bertz CT molecular complexity index is 994. The Morgan fingerprint density at radius 2 is 1.69 bits per heavy atom. The average molecular weight is 436 g/mol. The number of hydrogen-bond acceptors (Lipinski definition) is 7. The monoisotopic (exact) mass is 435 g/mol. The fraction of sp³-hybridized carbons (Fsp3) is 0.421. The second-order valence-electron chi connectivity index (χ2n) is 7.11. The van der Waals surface area contributed by atoms with Gasteiger partial charge in [-0.15, -0.1) is 0 Å². The van der Waals surface area contributed by atoms with Crippen LogP contribution in [0.2, 0.25) is 5.02 Å². The van der Waals surface area contributed by atoms with E-state index in [1.54, 1.807) is 18.5 Å². The second-order valence-corrected chi connectivity index (χ2v) is 9.37. The van der Waals surface area contributed by atoms with Gasteiger partial charge in [-0.25, -0.2) is 22.7 Å². The van der Waals surface area contributed by atoms with Crippen LogP contribution in [0.4, 0.5) is 5.95 Å². The van der Waals surface area contributed by atoms with E-state index in [1.165, 1.54) is 18.2 Å². The van der Waals surface area contributed by atoms with E-state index in [0.29, 0.717) is 11.4 Å². The molecule has 10 heteroatoms. The van der Waals surface area contributed by atoms with Crippen LogP contribution in [0.25, 0.3) is 0 Å². The summed E-state index contributed by atoms with van der Waals surface area (Å²) >= 11 is 5.91. The highest BCUT2D eigenvalue weighted by Crippen LogP contribution is 2.32. The molecule has 0 unspecified atom stereocenters. The fourth-order valence-corrected chi connectivity index (χ4v) is 5.45. The molecule has 1 amide bonds. The van der Waals surface area contributed by atoms with Crippen molar-refractivity contribution in [3.63, 3.8) is 0 Å². The van der Waals surface area contributed by atoms with Crippen LogP contribution in [-0.4, -0.2) is 72.8 Å². The Balaban J connectivity index is 1.25. The highest BCUT2D eigenvalue weighted by atomic mass is 35.5. The zero-order valence-electron chi connectivity index (χ0n) is 15.9. The molecule has 0 radical (unpaired) electrons. The number of rotatable bonds is 6. The molecule has 0 aliphatic carbocycles. The molecule has 2 aliphatic rings. The van der Waals surface area contributed by atoms with Gasteiger partial charge in [0.15, 0.2) is 0 Å². The van der Waals surface area contributed by atoms with Crippen molar-refractivity contribution in [3.05, 3.63) is 47.2 Å². The summed E-state index contributed by atoms with van der Waals surface area (Å²) in [5.74, 6) is 0.267. The zero-order chi connectivity index (χ0) is 20.4. The molecule has 3 heterocycles. The molecule has 0 spiro atoms. The van der Waals surface area contributed by atoms with Gasteiger partial charge in [-0.3, -0.25) is 9.69 Å². The molecule has 4 rings (SSSR count). The van der Waals surface area contributed by atoms with Crippen LogP contribution in [-0.2, 0) is 10.0 Å². The number of anilines is 1. The molecule has 154 valence electrons. The quantitative estimate of drug-likeness (QED) is 0.640. The Morgan fingerprint density at radius 1 is 1.00 bits per heavy atom. The van der Waals surface area contributed by atoms with Crippen LogP contribution < -0.4 is 4.90 Å². The first-order valence-corrected chi connectivity index (χ1v) is 11.4. The summed E-state index contributed by atoms with van der Waals surface area (Å²) in [4.78, 5) is 25.6. The molecule has 0 saturated carbocycles. The molecule has 0 atom stereocenters. The first-order valence-electron chi connectivity index (χ1n) is 9.58. The van der Waals surface area contributed by atoms with Crippen LogP contribution in [0.15, 0.2) is 41.6 Å². The Morgan fingerprint density at radius 3 is 2.41 bits per heavy atom. The number of fused-ring (bicyclic) bond motifs is 1. The molecular weight excluding hydrogens is 414 g/mol. The van der Waals surface area contributed by atoms with E-state index in [0.717, 1.165) is 49.4 Å². The standard InChI is InChI=1S/C19H22ClN5O3S/c20-15-4-5-17-16(14-15)18(26)25(29(17,27)28)9-2-1-8-23-10-12-24(13-11-23)19-21-6-3-7-22-19/h3-7,14H,1-2,8-13H2. The Labute approximate surface area is 175 Å². The summed E-state index contributed by atoms with van der Waals surface area (Å²) in [6.45, 7) is 4.58. The van der Waals surface area contributed by atoms with Crippen molar-refractivity contribution in [1.29, 1.82) is 0 Å². The number of unbranched alkanes of at least 4 members (excludes halogenated alkanes) is 1. The summed E-state index contributed by atoms with van der Waals surface area (Å²) in [7, 11) is -3.76. The third-order valence-corrected chi connectivity index (χ3v) is 7.33. The predicted octanol–water partition coefficient (Wildman–Crippen LogP) is 1.88. The Hall–Kier alpha value is -2.23. The molecule has 0 N–H and O–H groups in total. The summed E-state index contributed by atoms with van der Waals surface area (Å²) in [6, 6.07) is 6.13. The topological polar surface area (TPSA) is 86.7 Å². The van der Waals surface area contributed by atoms with Gasteiger partial charge in [0.25, 0.3) is 15.9 Å². The number of halogens is 1. The third kappa shape index (κ3) is 4.08. The number of nitrogens with zero attached hydrogens (tertiary/aromatic N) is 5. The lowest BCUT2D eigenvalue weighted by molar-refractivity contribution is 0.0868. The van der Waals surface area contributed by atoms with Crippen LogP contribution in [0.3, 0.4) is 0 Å². The number of carbonyl (C=O) groups excluding carboxylic acids is 1. The second kappa shape index (κ2) is 8.25. The molecule has 8 nitrogen and oxygen atoms in total. The van der Waals surface area contributed by atoms with Gasteiger partial charge >= 0.3 is 0 Å². The molecule has 29 heavy (non-hydrogen) atoms. The molecule has 1 aromatic heterocycles. The van der Waals surface area contributed by atoms with Gasteiger partial charge in [-0.2, -0.15) is 0 Å². The van der Waals surface area contributed by atoms with Crippen molar-refractivity contribution in [2.75, 3.05) is 44.2 Å². The number of amides is 1. The smallest absolute Gasteiger partial charge is 0.269 e. The first-order chi connectivity index (χ1) is 14.0. The number of piperazine rings is 1. The lowest BCUT2D eigenvalue weighted by Gasteiger charge is -2.34. The van der Waals surface area contributed by atoms with Gasteiger partial charge in [0.1, 0.15) is 4.90 Å². The molecular formula is C19H22ClN5O3S. The van der Waals surface area contributed by atoms with Crippen LogP contribution >= 0.6 is 11.6 Å². The van der Waals surface area contributed by atoms with Gasteiger partial charge in [0.05, 0.1) is 5.56 Å². The highest BCUT2D eigenvalue weighted by molar-refractivity contribution is 7.90. The maximum Gasteiger partial charge on any atom is 0.269 e. The number of sulfonamides is 1. The molecule has 1 saturated heterocycles. The molecule has 1 aromatic carbocycles. The van der Waals surface area contributed by atoms with Crippen LogP contribution in [0.5, 0.6) is 0 Å². The maximum atomic E-state index is 12.6. The van der Waals surface area contributed by atoms with Crippen molar-refractivity contribution in [2.45, 2.75) is 17.7 Å². The highest BCUT2D eigenvalue weighted by Gasteiger charge is 2.40. The van der Waals surface area contributed by atoms with E-state index in [1.807, 2.05) is 0 Å². The van der Waals surface area contributed by atoms with Crippen molar-refractivity contribution in [3.8, 4) is 0 Å². The van der Waals surface area contributed by atoms with Gasteiger partial charge in [-0.05, 0) is 43.7 Å². The van der Waals surface area contributed by atoms with Crippen LogP contribution in [0, 0.1) is 0 Å². The van der Waals surface area contributed by atoms with E-state index < -0.39 is 15.9 Å². The number of benzene rings is 1. The largest absolute Gasteiger partial charge is 0.338 e. The first kappa shape index (κ1) is 20.1. The third-order valence-electron chi connectivity index (χ3n) is 5.26. The van der Waals surface area contributed by atoms with Crippen molar-refractivity contribution in [2.24, 2.45) is 0 Å². The Kier molecular flexibility index (Phi) is 5.71. The normalized spacial score (nSPS) is 18.9. The minimum atomic E-state index is -3.76. The molecule has 2 aliphatic heterocycles. The van der Waals surface area contributed by atoms with Gasteiger partial charge in [0.2, 0.25) is 5.95 Å². The summed E-state index contributed by atoms with van der Waals surface area (Å²) < 4.78 is 26.2. The van der Waals surface area contributed by atoms with Gasteiger partial charge in [-0.1, -0.05) is 11.6 Å². The fourth-order valence-electron chi connectivity index (χ4n) is 3.70. The summed E-state index contributed by atoms with van der Waals surface area (Å²) in [5, 5.41) is 0.356. The minimum Gasteiger partial charge on any atom is -0.338 e. The van der Waals surface area contributed by atoms with E-state index in [2.05, 4.69) is 19.8 Å². The molecule has 2 aromatic rings. The summed E-state index contributed by atoms with van der Waals surface area (Å²) in [6.07, 6.45) is 4.93. The lowest BCUT2D eigenvalue weighted by Crippen LogP contribution is -2.47. The van der Waals surface area contributed by atoms with Gasteiger partial charge < -0.3 is 4.90 Å². The van der Waals surface area contributed by atoms with Gasteiger partial charge in [0, 0.05) is 50.1 Å². The summed E-state index contributed by atoms with van der Waals surface area (Å²) in [5.41, 5.74) is 0.164. The van der Waals surface area contributed by atoms with E-state index in [9.17, 15) is 13.2 Å². The van der Waals surface area contributed by atoms with E-state index >= 15 is 0 Å². The lowest BCUT2D eigenvalue weighted by atomic mass is 10.2. The zero-order valence-corrected chi connectivity index (χ0v) is 17.4. The van der Waals surface area contributed by atoms with E-state index in [4.69, 9.17) is 11.6 Å². The van der Waals surface area contributed by atoms with Crippen molar-refractivity contribution >= 4 is 33.5 Å². The van der Waals surface area contributed by atoms with E-state index in [-0.39, 0.29) is 17.0 Å². The number of carbonyl (C=O) groups is 1. The molecule has 0 bridgehead atoms. The molecule has 1 fully saturated rings. The minimum absolute atomic E-state index is 0.0474. The SMILES string of the molecule is O=C1c2cc(Cl)ccc2S(=O)(=O)N1CCCCN1CCN(c2ncccn2)CC1. The maximum absolute atomic E-state index is 12.6.